The maximum absolute atomic E-state index is 5.62. The van der Waals surface area contributed by atoms with Crippen molar-refractivity contribution in [1.82, 2.24) is 5.32 Å². The molecule has 2 saturated heterocycles. The number of ether oxygens (including phenoxy) is 1. The summed E-state index contributed by atoms with van der Waals surface area (Å²) in [5.41, 5.74) is 0. The zero-order valence-electron chi connectivity index (χ0n) is 8.84. The van der Waals surface area contributed by atoms with Crippen molar-refractivity contribution in [1.29, 1.82) is 0 Å². The van der Waals surface area contributed by atoms with Crippen LogP contribution in [0.5, 0.6) is 0 Å². The lowest BCUT2D eigenvalue weighted by Gasteiger charge is -2.24. The molecular weight excluding hydrogens is 198 g/mol. The fourth-order valence-corrected chi connectivity index (χ4v) is 2.43. The predicted molar refractivity (Wildman–Crippen MR) is 61.1 cm³/mol. The van der Waals surface area contributed by atoms with Gasteiger partial charge in [0.2, 0.25) is 0 Å². The highest BCUT2D eigenvalue weighted by molar-refractivity contribution is 5.85. The summed E-state index contributed by atoms with van der Waals surface area (Å²) in [6, 6.07) is 0.790. The van der Waals surface area contributed by atoms with Gasteiger partial charge in [0.1, 0.15) is 0 Å². The largest absolute Gasteiger partial charge is 0.378 e. The molecule has 0 aromatic rings. The first-order chi connectivity index (χ1) is 6.45. The van der Waals surface area contributed by atoms with Gasteiger partial charge in [0.25, 0.3) is 0 Å². The third kappa shape index (κ3) is 3.76. The quantitative estimate of drug-likeness (QED) is 0.788. The Balaban J connectivity index is 0.000000980. The van der Waals surface area contributed by atoms with Crippen molar-refractivity contribution in [2.75, 3.05) is 13.2 Å². The van der Waals surface area contributed by atoms with Gasteiger partial charge in [-0.3, -0.25) is 0 Å². The smallest absolute Gasteiger partial charge is 0.0576 e. The number of halogens is 1. The normalized spacial score (nSPS) is 32.6. The predicted octanol–water partition coefficient (Wildman–Crippen LogP) is 2.51. The Kier molecular flexibility index (Phi) is 5.83. The lowest BCUT2D eigenvalue weighted by atomic mass is 9.98. The number of rotatable bonds is 3. The lowest BCUT2D eigenvalue weighted by Crippen LogP contribution is -2.34. The maximum atomic E-state index is 5.62. The van der Waals surface area contributed by atoms with Crippen molar-refractivity contribution in [2.45, 2.75) is 57.1 Å². The zero-order chi connectivity index (χ0) is 8.93. The lowest BCUT2D eigenvalue weighted by molar-refractivity contribution is 0.0985. The van der Waals surface area contributed by atoms with Gasteiger partial charge in [-0.1, -0.05) is 6.42 Å². The molecule has 0 bridgehead atoms. The van der Waals surface area contributed by atoms with Crippen LogP contribution in [-0.2, 0) is 4.74 Å². The molecule has 2 nitrogen and oxygen atoms in total. The molecule has 2 rings (SSSR count). The van der Waals surface area contributed by atoms with Crippen LogP contribution in [0.15, 0.2) is 0 Å². The third-order valence-corrected chi connectivity index (χ3v) is 3.27. The first-order valence-electron chi connectivity index (χ1n) is 5.80. The van der Waals surface area contributed by atoms with Crippen LogP contribution in [0.4, 0.5) is 0 Å². The van der Waals surface area contributed by atoms with Gasteiger partial charge in [0, 0.05) is 12.6 Å². The molecule has 84 valence electrons. The van der Waals surface area contributed by atoms with Crippen molar-refractivity contribution in [3.63, 3.8) is 0 Å². The van der Waals surface area contributed by atoms with Crippen LogP contribution in [0, 0.1) is 0 Å². The van der Waals surface area contributed by atoms with Crippen LogP contribution in [0.3, 0.4) is 0 Å². The molecule has 0 aromatic heterocycles. The Morgan fingerprint density at radius 2 is 2.00 bits per heavy atom. The second kappa shape index (κ2) is 6.65. The molecule has 2 aliphatic rings. The molecule has 2 aliphatic heterocycles. The molecule has 1 N–H and O–H groups in total. The number of piperidine rings is 1. The summed E-state index contributed by atoms with van der Waals surface area (Å²) in [6.45, 7) is 2.24. The van der Waals surface area contributed by atoms with Crippen LogP contribution in [0.2, 0.25) is 0 Å². The Labute approximate surface area is 93.2 Å². The van der Waals surface area contributed by atoms with E-state index in [9.17, 15) is 0 Å². The summed E-state index contributed by atoms with van der Waals surface area (Å²) in [4.78, 5) is 0. The Bertz CT molecular complexity index is 142. The van der Waals surface area contributed by atoms with E-state index in [2.05, 4.69) is 5.32 Å². The van der Waals surface area contributed by atoms with Crippen molar-refractivity contribution in [3.8, 4) is 0 Å². The van der Waals surface area contributed by atoms with E-state index in [0.717, 1.165) is 12.6 Å². The molecule has 0 aliphatic carbocycles. The molecule has 0 spiro atoms. The second-order valence-electron chi connectivity index (χ2n) is 4.36. The monoisotopic (exact) mass is 219 g/mol. The minimum absolute atomic E-state index is 0. The summed E-state index contributed by atoms with van der Waals surface area (Å²) >= 11 is 0. The highest BCUT2D eigenvalue weighted by atomic mass is 35.5. The topological polar surface area (TPSA) is 21.3 Å². The first-order valence-corrected chi connectivity index (χ1v) is 5.80. The van der Waals surface area contributed by atoms with Gasteiger partial charge in [-0.2, -0.15) is 0 Å². The Morgan fingerprint density at radius 3 is 2.64 bits per heavy atom. The van der Waals surface area contributed by atoms with E-state index < -0.39 is 0 Å². The molecule has 0 saturated carbocycles. The minimum atomic E-state index is 0. The van der Waals surface area contributed by atoms with E-state index >= 15 is 0 Å². The minimum Gasteiger partial charge on any atom is -0.378 e. The van der Waals surface area contributed by atoms with Crippen LogP contribution in [0.1, 0.15) is 44.9 Å². The van der Waals surface area contributed by atoms with Gasteiger partial charge < -0.3 is 10.1 Å². The van der Waals surface area contributed by atoms with Crippen LogP contribution < -0.4 is 5.32 Å². The van der Waals surface area contributed by atoms with Crippen molar-refractivity contribution in [3.05, 3.63) is 0 Å². The molecule has 2 heterocycles. The van der Waals surface area contributed by atoms with Gasteiger partial charge in [0.05, 0.1) is 6.10 Å². The summed E-state index contributed by atoms with van der Waals surface area (Å²) in [5.74, 6) is 0. The summed E-state index contributed by atoms with van der Waals surface area (Å²) in [6.07, 6.45) is 9.94. The van der Waals surface area contributed by atoms with Crippen molar-refractivity contribution >= 4 is 12.4 Å². The molecule has 14 heavy (non-hydrogen) atoms. The van der Waals surface area contributed by atoms with E-state index in [1.807, 2.05) is 0 Å². The van der Waals surface area contributed by atoms with Crippen LogP contribution in [-0.4, -0.2) is 25.3 Å². The number of hydrogen-bond donors (Lipinski definition) is 1. The van der Waals surface area contributed by atoms with E-state index in [1.54, 1.807) is 0 Å². The summed E-state index contributed by atoms with van der Waals surface area (Å²) in [7, 11) is 0. The second-order valence-corrected chi connectivity index (χ2v) is 4.36. The molecule has 0 aromatic carbocycles. The zero-order valence-corrected chi connectivity index (χ0v) is 9.65. The SMILES string of the molecule is C1CCC(CCC2CCCO2)NC1.Cl. The van der Waals surface area contributed by atoms with Gasteiger partial charge in [-0.05, 0) is 45.1 Å². The molecule has 2 unspecified atom stereocenters. The third-order valence-electron chi connectivity index (χ3n) is 3.27. The fourth-order valence-electron chi connectivity index (χ4n) is 2.43. The molecule has 3 heteroatoms. The Morgan fingerprint density at radius 1 is 1.07 bits per heavy atom. The number of nitrogens with one attached hydrogen (secondary N) is 1. The summed E-state index contributed by atoms with van der Waals surface area (Å²) in [5, 5.41) is 3.59. The van der Waals surface area contributed by atoms with Gasteiger partial charge in [-0.25, -0.2) is 0 Å². The van der Waals surface area contributed by atoms with Crippen molar-refractivity contribution < 1.29 is 4.74 Å². The van der Waals surface area contributed by atoms with E-state index in [0.29, 0.717) is 6.10 Å². The molecule has 0 radical (unpaired) electrons. The first kappa shape index (κ1) is 12.3. The van der Waals surface area contributed by atoms with Gasteiger partial charge in [0.15, 0.2) is 0 Å². The highest BCUT2D eigenvalue weighted by Gasteiger charge is 2.18. The maximum Gasteiger partial charge on any atom is 0.0576 e. The van der Waals surface area contributed by atoms with Gasteiger partial charge in [-0.15, -0.1) is 12.4 Å². The Hall–Kier alpha value is 0.210. The number of hydrogen-bond acceptors (Lipinski definition) is 2. The van der Waals surface area contributed by atoms with Gasteiger partial charge >= 0.3 is 0 Å². The van der Waals surface area contributed by atoms with Crippen LogP contribution >= 0.6 is 12.4 Å². The molecule has 2 atom stereocenters. The fraction of sp³-hybridized carbons (Fsp3) is 1.00. The standard InChI is InChI=1S/C11H21NO.ClH/c1-2-8-12-10(4-1)6-7-11-5-3-9-13-11;/h10-12H,1-9H2;1H. The average Bonchev–Trinajstić information content (AvgIpc) is 2.69. The van der Waals surface area contributed by atoms with E-state index in [1.165, 1.54) is 51.5 Å². The summed E-state index contributed by atoms with van der Waals surface area (Å²) < 4.78 is 5.62. The molecule has 0 amide bonds. The van der Waals surface area contributed by atoms with Crippen molar-refractivity contribution in [2.24, 2.45) is 0 Å². The molecule has 2 fully saturated rings. The van der Waals surface area contributed by atoms with Crippen LogP contribution in [0.25, 0.3) is 0 Å². The van der Waals surface area contributed by atoms with E-state index in [4.69, 9.17) is 4.74 Å². The molecular formula is C11H22ClNO. The highest BCUT2D eigenvalue weighted by Crippen LogP contribution is 2.20. The van der Waals surface area contributed by atoms with E-state index in [-0.39, 0.29) is 12.4 Å². The average molecular weight is 220 g/mol.